The molecule has 2 aromatic carbocycles. The average molecular weight is 422 g/mol. The fourth-order valence-corrected chi connectivity index (χ4v) is 4.39. The Labute approximate surface area is 171 Å². The molecule has 1 fully saturated rings. The molecular formula is C21H21F3N2O2S. The highest BCUT2D eigenvalue weighted by Crippen LogP contribution is 2.38. The Hall–Kier alpha value is -2.19. The number of nitrogens with zero attached hydrogens (tertiary/aromatic N) is 2. The number of piperazine rings is 1. The van der Waals surface area contributed by atoms with Crippen molar-refractivity contribution < 1.29 is 22.7 Å². The third-order valence-electron chi connectivity index (χ3n) is 5.16. The second-order valence-electron chi connectivity index (χ2n) is 7.15. The average Bonchev–Trinajstić information content (AvgIpc) is 3.15. The van der Waals surface area contributed by atoms with Crippen LogP contribution < -0.4 is 4.74 Å². The molecule has 0 spiro atoms. The predicted octanol–water partition coefficient (Wildman–Crippen LogP) is 4.19. The van der Waals surface area contributed by atoms with E-state index in [-0.39, 0.29) is 28.1 Å². The summed E-state index contributed by atoms with van der Waals surface area (Å²) in [5.41, 5.74) is -1.87. The lowest BCUT2D eigenvalue weighted by Crippen LogP contribution is -2.48. The van der Waals surface area contributed by atoms with E-state index in [1.54, 1.807) is 11.0 Å². The van der Waals surface area contributed by atoms with Crippen molar-refractivity contribution >= 4 is 17.7 Å². The molecule has 1 amide bonds. The Kier molecular flexibility index (Phi) is 5.74. The number of carbonyl (C=O) groups is 1. The van der Waals surface area contributed by atoms with Crippen molar-refractivity contribution in [3.05, 3.63) is 59.2 Å². The van der Waals surface area contributed by atoms with Crippen molar-refractivity contribution in [2.75, 3.05) is 32.8 Å². The highest BCUT2D eigenvalue weighted by atomic mass is 32.2. The molecule has 2 aliphatic heterocycles. The Morgan fingerprint density at radius 3 is 2.59 bits per heavy atom. The zero-order valence-corrected chi connectivity index (χ0v) is 16.6. The molecule has 0 N–H and O–H groups in total. The number of amides is 1. The van der Waals surface area contributed by atoms with Gasteiger partial charge in [-0.15, -0.1) is 0 Å². The Morgan fingerprint density at radius 2 is 1.83 bits per heavy atom. The van der Waals surface area contributed by atoms with Gasteiger partial charge in [-0.1, -0.05) is 24.3 Å². The first-order chi connectivity index (χ1) is 13.9. The van der Waals surface area contributed by atoms with Gasteiger partial charge in [-0.2, -0.15) is 13.2 Å². The summed E-state index contributed by atoms with van der Waals surface area (Å²) in [5.74, 6) is 0.617. The maximum absolute atomic E-state index is 12.8. The molecule has 1 saturated heterocycles. The fourth-order valence-electron chi connectivity index (χ4n) is 3.73. The van der Waals surface area contributed by atoms with E-state index >= 15 is 0 Å². The summed E-state index contributed by atoms with van der Waals surface area (Å²) in [5, 5.41) is 0. The molecule has 0 unspecified atom stereocenters. The van der Waals surface area contributed by atoms with E-state index in [1.165, 1.54) is 29.3 Å². The first kappa shape index (κ1) is 20.1. The van der Waals surface area contributed by atoms with E-state index in [0.717, 1.165) is 25.3 Å². The molecule has 0 aliphatic carbocycles. The molecule has 0 aromatic heterocycles. The number of thioether (sulfide) groups is 1. The van der Waals surface area contributed by atoms with Crippen LogP contribution in [0.1, 0.15) is 21.5 Å². The van der Waals surface area contributed by atoms with Crippen molar-refractivity contribution in [1.29, 1.82) is 0 Å². The number of halogens is 3. The third-order valence-corrected chi connectivity index (χ3v) is 5.97. The topological polar surface area (TPSA) is 32.8 Å². The van der Waals surface area contributed by atoms with Gasteiger partial charge in [-0.3, -0.25) is 9.69 Å². The Balaban J connectivity index is 1.37. The molecule has 0 atom stereocenters. The molecule has 0 bridgehead atoms. The lowest BCUT2D eigenvalue weighted by molar-refractivity contribution is -0.0328. The standard InChI is InChI=1S/C21H21F3N2O2S/c22-21(23,24)29-19-4-2-1-3-17(19)20(27)26-10-8-25(9-11-26)14-15-5-6-18-16(13-15)7-12-28-18/h1-6,13H,7-12,14H2. The smallest absolute Gasteiger partial charge is 0.446 e. The number of ether oxygens (including phenoxy) is 1. The molecule has 0 radical (unpaired) electrons. The summed E-state index contributed by atoms with van der Waals surface area (Å²) in [7, 11) is 0. The van der Waals surface area contributed by atoms with Crippen LogP contribution in [0.4, 0.5) is 13.2 Å². The lowest BCUT2D eigenvalue weighted by atomic mass is 10.1. The van der Waals surface area contributed by atoms with Gasteiger partial charge in [0.1, 0.15) is 5.75 Å². The summed E-state index contributed by atoms with van der Waals surface area (Å²) in [6.45, 7) is 3.89. The lowest BCUT2D eigenvalue weighted by Gasteiger charge is -2.35. The van der Waals surface area contributed by atoms with Crippen LogP contribution in [0.3, 0.4) is 0 Å². The minimum atomic E-state index is -4.42. The van der Waals surface area contributed by atoms with Crippen molar-refractivity contribution in [2.24, 2.45) is 0 Å². The maximum atomic E-state index is 12.8. The van der Waals surface area contributed by atoms with E-state index in [9.17, 15) is 18.0 Å². The molecule has 154 valence electrons. The predicted molar refractivity (Wildman–Crippen MR) is 105 cm³/mol. The zero-order chi connectivity index (χ0) is 20.4. The second kappa shape index (κ2) is 8.28. The van der Waals surface area contributed by atoms with Gasteiger partial charge in [0, 0.05) is 44.0 Å². The molecule has 4 rings (SSSR count). The molecule has 0 saturated carbocycles. The van der Waals surface area contributed by atoms with Crippen LogP contribution in [0.2, 0.25) is 0 Å². The van der Waals surface area contributed by atoms with Crippen LogP contribution in [0.15, 0.2) is 47.4 Å². The van der Waals surface area contributed by atoms with Crippen molar-refractivity contribution in [3.63, 3.8) is 0 Å². The number of carbonyl (C=O) groups excluding carboxylic acids is 1. The van der Waals surface area contributed by atoms with E-state index < -0.39 is 5.51 Å². The van der Waals surface area contributed by atoms with Crippen LogP contribution in [-0.4, -0.2) is 54.0 Å². The highest BCUT2D eigenvalue weighted by Gasteiger charge is 2.32. The molecule has 29 heavy (non-hydrogen) atoms. The molecular weight excluding hydrogens is 401 g/mol. The van der Waals surface area contributed by atoms with Gasteiger partial charge >= 0.3 is 5.51 Å². The number of hydrogen-bond acceptors (Lipinski definition) is 4. The van der Waals surface area contributed by atoms with Crippen molar-refractivity contribution in [1.82, 2.24) is 9.80 Å². The second-order valence-corrected chi connectivity index (χ2v) is 8.26. The van der Waals surface area contributed by atoms with Gasteiger partial charge < -0.3 is 9.64 Å². The van der Waals surface area contributed by atoms with Crippen LogP contribution in [0.25, 0.3) is 0 Å². The Bertz CT molecular complexity index is 896. The monoisotopic (exact) mass is 422 g/mol. The summed E-state index contributed by atoms with van der Waals surface area (Å²) >= 11 is -0.236. The largest absolute Gasteiger partial charge is 0.493 e. The number of alkyl halides is 3. The first-order valence-electron chi connectivity index (χ1n) is 9.50. The van der Waals surface area contributed by atoms with Crippen molar-refractivity contribution in [2.45, 2.75) is 23.4 Å². The fraction of sp³-hybridized carbons (Fsp3) is 0.381. The SMILES string of the molecule is O=C(c1ccccc1SC(F)(F)F)N1CCN(Cc2ccc3c(c2)CCO3)CC1. The molecule has 2 heterocycles. The normalized spacial score (nSPS) is 17.1. The first-order valence-corrected chi connectivity index (χ1v) is 10.3. The highest BCUT2D eigenvalue weighted by molar-refractivity contribution is 8.00. The quantitative estimate of drug-likeness (QED) is 0.692. The van der Waals surface area contributed by atoms with Crippen LogP contribution in [-0.2, 0) is 13.0 Å². The summed E-state index contributed by atoms with van der Waals surface area (Å²) in [4.78, 5) is 16.7. The van der Waals surface area contributed by atoms with Crippen LogP contribution in [0, 0.1) is 0 Å². The Morgan fingerprint density at radius 1 is 1.07 bits per heavy atom. The van der Waals surface area contributed by atoms with Gasteiger partial charge in [0.15, 0.2) is 0 Å². The van der Waals surface area contributed by atoms with Crippen molar-refractivity contribution in [3.8, 4) is 5.75 Å². The van der Waals surface area contributed by atoms with E-state index in [4.69, 9.17) is 4.74 Å². The minimum Gasteiger partial charge on any atom is -0.493 e. The van der Waals surface area contributed by atoms with Gasteiger partial charge in [-0.05, 0) is 41.1 Å². The minimum absolute atomic E-state index is 0.0483. The van der Waals surface area contributed by atoms with Crippen LogP contribution >= 0.6 is 11.8 Å². The molecule has 2 aliphatic rings. The number of benzene rings is 2. The number of rotatable bonds is 4. The molecule has 8 heteroatoms. The summed E-state index contributed by atoms with van der Waals surface area (Å²) < 4.78 is 43.9. The molecule has 4 nitrogen and oxygen atoms in total. The van der Waals surface area contributed by atoms with E-state index in [1.807, 2.05) is 6.07 Å². The third kappa shape index (κ3) is 4.87. The number of hydrogen-bond donors (Lipinski definition) is 0. The molecule has 2 aromatic rings. The van der Waals surface area contributed by atoms with Gasteiger partial charge in [0.05, 0.1) is 12.2 Å². The van der Waals surface area contributed by atoms with Gasteiger partial charge in [0.2, 0.25) is 0 Å². The van der Waals surface area contributed by atoms with E-state index in [2.05, 4.69) is 17.0 Å². The van der Waals surface area contributed by atoms with E-state index in [0.29, 0.717) is 26.2 Å². The van der Waals surface area contributed by atoms with Gasteiger partial charge in [0.25, 0.3) is 5.91 Å². The zero-order valence-electron chi connectivity index (χ0n) is 15.7. The summed E-state index contributed by atoms with van der Waals surface area (Å²) in [6, 6.07) is 12.2. The summed E-state index contributed by atoms with van der Waals surface area (Å²) in [6.07, 6.45) is 0.931. The van der Waals surface area contributed by atoms with Gasteiger partial charge in [-0.25, -0.2) is 0 Å². The van der Waals surface area contributed by atoms with Crippen LogP contribution in [0.5, 0.6) is 5.75 Å². The number of fused-ring (bicyclic) bond motifs is 1. The maximum Gasteiger partial charge on any atom is 0.446 e.